The molecule has 6 nitrogen and oxygen atoms in total. The van der Waals surface area contributed by atoms with Crippen LogP contribution in [0.4, 0.5) is 19.0 Å². The van der Waals surface area contributed by atoms with Crippen molar-refractivity contribution in [3.63, 3.8) is 0 Å². The van der Waals surface area contributed by atoms with Crippen molar-refractivity contribution in [2.24, 2.45) is 11.8 Å². The van der Waals surface area contributed by atoms with Gasteiger partial charge in [-0.05, 0) is 55.7 Å². The smallest absolute Gasteiger partial charge is 0.356 e. The fourth-order valence-corrected chi connectivity index (χ4v) is 4.96. The summed E-state index contributed by atoms with van der Waals surface area (Å²) < 4.78 is 64.7. The van der Waals surface area contributed by atoms with Crippen LogP contribution in [0.5, 0.6) is 0 Å². The Kier molecular flexibility index (Phi) is 5.65. The van der Waals surface area contributed by atoms with Gasteiger partial charge in [-0.1, -0.05) is 0 Å². The molecule has 2 aliphatic rings. The predicted molar refractivity (Wildman–Crippen MR) is 109 cm³/mol. The molecule has 0 N–H and O–H groups in total. The van der Waals surface area contributed by atoms with E-state index in [0.717, 1.165) is 31.7 Å². The SMILES string of the molecule is CS(=O)(=O)N(CC1CC1)CC1CCN(c2nccc3nc(C(F)(F)F)ccc23)CC1. The zero-order valence-electron chi connectivity index (χ0n) is 16.8. The molecule has 2 aromatic heterocycles. The quantitative estimate of drug-likeness (QED) is 0.685. The van der Waals surface area contributed by atoms with Gasteiger partial charge in [0.25, 0.3) is 0 Å². The van der Waals surface area contributed by atoms with Gasteiger partial charge in [0, 0.05) is 37.8 Å². The van der Waals surface area contributed by atoms with Crippen molar-refractivity contribution < 1.29 is 21.6 Å². The number of hydrogen-bond acceptors (Lipinski definition) is 5. The van der Waals surface area contributed by atoms with Crippen molar-refractivity contribution in [1.29, 1.82) is 0 Å². The molecule has 2 fully saturated rings. The molecule has 0 spiro atoms. The first-order chi connectivity index (χ1) is 14.1. The molecule has 0 aromatic carbocycles. The van der Waals surface area contributed by atoms with Crippen molar-refractivity contribution >= 4 is 26.7 Å². The lowest BCUT2D eigenvalue weighted by Gasteiger charge is -2.35. The van der Waals surface area contributed by atoms with Crippen LogP contribution < -0.4 is 4.90 Å². The van der Waals surface area contributed by atoms with Gasteiger partial charge >= 0.3 is 6.18 Å². The van der Waals surface area contributed by atoms with Crippen LogP contribution in [0.15, 0.2) is 24.4 Å². The predicted octanol–water partition coefficient (Wildman–Crippen LogP) is 3.54. The summed E-state index contributed by atoms with van der Waals surface area (Å²) in [4.78, 5) is 10.2. The van der Waals surface area contributed by atoms with E-state index in [1.54, 1.807) is 4.31 Å². The fraction of sp³-hybridized carbons (Fsp3) is 0.600. The van der Waals surface area contributed by atoms with Gasteiger partial charge in [0.05, 0.1) is 11.8 Å². The van der Waals surface area contributed by atoms with E-state index >= 15 is 0 Å². The van der Waals surface area contributed by atoms with Crippen LogP contribution in [0.2, 0.25) is 0 Å². The van der Waals surface area contributed by atoms with Gasteiger partial charge in [-0.25, -0.2) is 22.7 Å². The third kappa shape index (κ3) is 4.85. The first kappa shape index (κ1) is 21.3. The Morgan fingerprint density at radius 2 is 1.70 bits per heavy atom. The van der Waals surface area contributed by atoms with Crippen molar-refractivity contribution in [2.75, 3.05) is 37.3 Å². The number of rotatable bonds is 6. The van der Waals surface area contributed by atoms with Crippen molar-refractivity contribution in [3.8, 4) is 0 Å². The number of fused-ring (bicyclic) bond motifs is 1. The number of hydrogen-bond donors (Lipinski definition) is 0. The third-order valence-corrected chi connectivity index (χ3v) is 7.13. The minimum absolute atomic E-state index is 0.264. The van der Waals surface area contributed by atoms with Crippen molar-refractivity contribution in [2.45, 2.75) is 31.9 Å². The molecule has 3 heterocycles. The van der Waals surface area contributed by atoms with Gasteiger partial charge in [-0.2, -0.15) is 13.2 Å². The molecular formula is C20H25F3N4O2S. The van der Waals surface area contributed by atoms with Gasteiger partial charge in [-0.3, -0.25) is 0 Å². The first-order valence-electron chi connectivity index (χ1n) is 10.1. The highest BCUT2D eigenvalue weighted by molar-refractivity contribution is 7.88. The topological polar surface area (TPSA) is 66.4 Å². The second-order valence-corrected chi connectivity index (χ2v) is 10.3. The molecule has 10 heteroatoms. The average Bonchev–Trinajstić information content (AvgIpc) is 3.50. The summed E-state index contributed by atoms with van der Waals surface area (Å²) in [5.74, 6) is 1.39. The molecule has 30 heavy (non-hydrogen) atoms. The molecule has 1 saturated carbocycles. The van der Waals surface area contributed by atoms with E-state index in [0.29, 0.717) is 43.3 Å². The lowest BCUT2D eigenvalue weighted by Crippen LogP contribution is -2.41. The number of halogens is 3. The number of aromatic nitrogens is 2. The molecule has 1 saturated heterocycles. The Hall–Kier alpha value is -1.94. The number of piperidine rings is 1. The molecule has 0 amide bonds. The summed E-state index contributed by atoms with van der Waals surface area (Å²) in [5.41, 5.74) is -0.646. The average molecular weight is 443 g/mol. The molecular weight excluding hydrogens is 417 g/mol. The standard InChI is InChI=1S/C20H25F3N4O2S/c1-30(28,29)27(12-14-2-3-14)13-15-7-10-26(11-8-15)19-16-4-5-18(20(21,22)23)25-17(16)6-9-24-19/h4-6,9,14-15H,2-3,7-8,10-13H2,1H3. The maximum Gasteiger partial charge on any atom is 0.433 e. The zero-order valence-corrected chi connectivity index (χ0v) is 17.6. The number of anilines is 1. The molecule has 1 aliphatic heterocycles. The summed E-state index contributed by atoms with van der Waals surface area (Å²) in [5, 5.41) is 0.593. The van der Waals surface area contributed by atoms with Crippen LogP contribution >= 0.6 is 0 Å². The highest BCUT2D eigenvalue weighted by Gasteiger charge is 2.33. The van der Waals surface area contributed by atoms with E-state index in [2.05, 4.69) is 14.9 Å². The maximum absolute atomic E-state index is 12.9. The normalized spacial score (nSPS) is 19.0. The molecule has 164 valence electrons. The van der Waals surface area contributed by atoms with E-state index in [4.69, 9.17) is 0 Å². The van der Waals surface area contributed by atoms with E-state index in [-0.39, 0.29) is 11.4 Å². The fourth-order valence-electron chi connectivity index (χ4n) is 4.00. The summed E-state index contributed by atoms with van der Waals surface area (Å²) >= 11 is 0. The van der Waals surface area contributed by atoms with Crippen LogP contribution in [-0.2, 0) is 16.2 Å². The molecule has 4 rings (SSSR count). The molecule has 0 radical (unpaired) electrons. The minimum Gasteiger partial charge on any atom is -0.356 e. The van der Waals surface area contributed by atoms with Crippen LogP contribution in [0.1, 0.15) is 31.4 Å². The number of sulfonamides is 1. The number of pyridine rings is 2. The van der Waals surface area contributed by atoms with Gasteiger partial charge in [0.15, 0.2) is 0 Å². The van der Waals surface area contributed by atoms with E-state index in [9.17, 15) is 21.6 Å². The largest absolute Gasteiger partial charge is 0.433 e. The van der Waals surface area contributed by atoms with E-state index in [1.807, 2.05) is 0 Å². The van der Waals surface area contributed by atoms with Gasteiger partial charge in [0.2, 0.25) is 10.0 Å². The Labute approximate surface area is 174 Å². The van der Waals surface area contributed by atoms with Crippen LogP contribution in [0, 0.1) is 11.8 Å². The number of nitrogens with zero attached hydrogens (tertiary/aromatic N) is 4. The molecule has 0 bridgehead atoms. The molecule has 1 aliphatic carbocycles. The maximum atomic E-state index is 12.9. The van der Waals surface area contributed by atoms with Gasteiger partial charge in [-0.15, -0.1) is 0 Å². The first-order valence-corrected chi connectivity index (χ1v) is 12.0. The summed E-state index contributed by atoms with van der Waals surface area (Å²) in [6.07, 6.45) is 2.08. The zero-order chi connectivity index (χ0) is 21.5. The second-order valence-electron chi connectivity index (χ2n) is 8.35. The Bertz CT molecular complexity index is 1020. The highest BCUT2D eigenvalue weighted by Crippen LogP contribution is 2.34. The Balaban J connectivity index is 1.45. The van der Waals surface area contributed by atoms with Gasteiger partial charge < -0.3 is 4.90 Å². The molecule has 0 unspecified atom stereocenters. The van der Waals surface area contributed by atoms with Gasteiger partial charge in [0.1, 0.15) is 11.5 Å². The minimum atomic E-state index is -4.48. The summed E-state index contributed by atoms with van der Waals surface area (Å²) in [6.45, 7) is 2.50. The summed E-state index contributed by atoms with van der Waals surface area (Å²) in [6, 6.07) is 3.91. The van der Waals surface area contributed by atoms with Crippen LogP contribution in [0.25, 0.3) is 10.9 Å². The Morgan fingerprint density at radius 1 is 1.07 bits per heavy atom. The van der Waals surface area contributed by atoms with Crippen LogP contribution in [0.3, 0.4) is 0 Å². The van der Waals surface area contributed by atoms with Crippen molar-refractivity contribution in [3.05, 3.63) is 30.1 Å². The van der Waals surface area contributed by atoms with E-state index in [1.165, 1.54) is 24.6 Å². The van der Waals surface area contributed by atoms with Crippen LogP contribution in [-0.4, -0.2) is 55.1 Å². The summed E-state index contributed by atoms with van der Waals surface area (Å²) in [7, 11) is -3.22. The van der Waals surface area contributed by atoms with E-state index < -0.39 is 21.9 Å². The Morgan fingerprint density at radius 3 is 2.27 bits per heavy atom. The third-order valence-electron chi connectivity index (χ3n) is 5.89. The number of alkyl halides is 3. The lowest BCUT2D eigenvalue weighted by molar-refractivity contribution is -0.140. The highest BCUT2D eigenvalue weighted by atomic mass is 32.2. The molecule has 2 aromatic rings. The molecule has 0 atom stereocenters. The second kappa shape index (κ2) is 7.96. The van der Waals surface area contributed by atoms with Crippen molar-refractivity contribution in [1.82, 2.24) is 14.3 Å². The monoisotopic (exact) mass is 442 g/mol. The lowest BCUT2D eigenvalue weighted by atomic mass is 9.96.